The molecule has 1 aliphatic rings. The van der Waals surface area contributed by atoms with Crippen LogP contribution in [0, 0.1) is 11.8 Å². The fourth-order valence-corrected chi connectivity index (χ4v) is 1.98. The molecule has 2 atom stereocenters. The number of hydrogen-bond acceptors (Lipinski definition) is 3. The number of carboxylic acid groups (broad SMARTS) is 1. The van der Waals surface area contributed by atoms with Crippen LogP contribution in [-0.2, 0) is 9.53 Å². The van der Waals surface area contributed by atoms with Crippen molar-refractivity contribution in [1.82, 2.24) is 4.90 Å². The second kappa shape index (κ2) is 5.94. The Morgan fingerprint density at radius 1 is 1.47 bits per heavy atom. The first-order chi connectivity index (χ1) is 8.77. The standard InChI is InChI=1S/C11H14F3NO4/c1-2-5-19-10(18)15-4-3-8(11(12,13)14)7(6-15)9(16)17/h2,7-8H,1,3-6H2,(H,16,17). The summed E-state index contributed by atoms with van der Waals surface area (Å²) in [5, 5.41) is 8.85. The number of ether oxygens (including phenoxy) is 1. The second-order valence-electron chi connectivity index (χ2n) is 4.19. The summed E-state index contributed by atoms with van der Waals surface area (Å²) < 4.78 is 42.7. The largest absolute Gasteiger partial charge is 0.481 e. The van der Waals surface area contributed by atoms with Crippen LogP contribution in [0.3, 0.4) is 0 Å². The number of alkyl halides is 3. The lowest BCUT2D eigenvalue weighted by molar-refractivity contribution is -0.205. The van der Waals surface area contributed by atoms with Crippen LogP contribution in [0.2, 0.25) is 0 Å². The van der Waals surface area contributed by atoms with E-state index < -0.39 is 43.0 Å². The molecule has 0 bridgehead atoms. The van der Waals surface area contributed by atoms with Crippen LogP contribution >= 0.6 is 0 Å². The average molecular weight is 281 g/mol. The lowest BCUT2D eigenvalue weighted by atomic mass is 9.85. The van der Waals surface area contributed by atoms with E-state index in [-0.39, 0.29) is 13.2 Å². The predicted octanol–water partition coefficient (Wildman–Crippen LogP) is 1.89. The number of nitrogens with zero attached hydrogens (tertiary/aromatic N) is 1. The Morgan fingerprint density at radius 2 is 2.11 bits per heavy atom. The molecule has 2 unspecified atom stereocenters. The fraction of sp³-hybridized carbons (Fsp3) is 0.636. The normalized spacial score (nSPS) is 23.8. The van der Waals surface area contributed by atoms with Crippen molar-refractivity contribution < 1.29 is 32.6 Å². The Morgan fingerprint density at radius 3 is 2.58 bits per heavy atom. The molecule has 0 radical (unpaired) electrons. The molecule has 0 aromatic carbocycles. The minimum atomic E-state index is -4.58. The third-order valence-corrected chi connectivity index (χ3v) is 2.93. The van der Waals surface area contributed by atoms with E-state index in [9.17, 15) is 22.8 Å². The van der Waals surface area contributed by atoms with Gasteiger partial charge in [-0.2, -0.15) is 13.2 Å². The molecule has 1 saturated heterocycles. The van der Waals surface area contributed by atoms with Gasteiger partial charge in [0.2, 0.25) is 0 Å². The van der Waals surface area contributed by atoms with Crippen molar-refractivity contribution in [3.63, 3.8) is 0 Å². The van der Waals surface area contributed by atoms with E-state index in [1.54, 1.807) is 0 Å². The number of amides is 1. The van der Waals surface area contributed by atoms with E-state index in [0.717, 1.165) is 4.90 Å². The Kier molecular flexibility index (Phi) is 4.79. The zero-order chi connectivity index (χ0) is 14.6. The maximum atomic E-state index is 12.7. The van der Waals surface area contributed by atoms with Crippen LogP contribution in [0.1, 0.15) is 6.42 Å². The van der Waals surface area contributed by atoms with Crippen molar-refractivity contribution in [2.24, 2.45) is 11.8 Å². The molecule has 1 N–H and O–H groups in total. The summed E-state index contributed by atoms with van der Waals surface area (Å²) in [4.78, 5) is 23.3. The highest BCUT2D eigenvalue weighted by atomic mass is 19.4. The van der Waals surface area contributed by atoms with Crippen molar-refractivity contribution in [3.05, 3.63) is 12.7 Å². The summed E-state index contributed by atoms with van der Waals surface area (Å²) in [6.45, 7) is 2.57. The van der Waals surface area contributed by atoms with Gasteiger partial charge in [0.15, 0.2) is 0 Å². The minimum absolute atomic E-state index is 0.0736. The number of piperidine rings is 1. The topological polar surface area (TPSA) is 66.8 Å². The van der Waals surface area contributed by atoms with Crippen LogP contribution in [0.5, 0.6) is 0 Å². The van der Waals surface area contributed by atoms with Crippen molar-refractivity contribution >= 4 is 12.1 Å². The quantitative estimate of drug-likeness (QED) is 0.802. The average Bonchev–Trinajstić information content (AvgIpc) is 2.34. The van der Waals surface area contributed by atoms with E-state index in [2.05, 4.69) is 11.3 Å². The number of carbonyl (C=O) groups excluding carboxylic acids is 1. The zero-order valence-corrected chi connectivity index (χ0v) is 10.0. The van der Waals surface area contributed by atoms with Crippen molar-refractivity contribution in [2.75, 3.05) is 19.7 Å². The number of carbonyl (C=O) groups is 2. The van der Waals surface area contributed by atoms with Gasteiger partial charge in [0.1, 0.15) is 6.61 Å². The maximum Gasteiger partial charge on any atom is 0.410 e. The third-order valence-electron chi connectivity index (χ3n) is 2.93. The highest BCUT2D eigenvalue weighted by Gasteiger charge is 2.50. The van der Waals surface area contributed by atoms with Gasteiger partial charge in [-0.3, -0.25) is 4.79 Å². The molecule has 0 aliphatic carbocycles. The van der Waals surface area contributed by atoms with Crippen LogP contribution < -0.4 is 0 Å². The van der Waals surface area contributed by atoms with Crippen molar-refractivity contribution in [2.45, 2.75) is 12.6 Å². The van der Waals surface area contributed by atoms with Gasteiger partial charge < -0.3 is 14.7 Å². The smallest absolute Gasteiger partial charge is 0.410 e. The van der Waals surface area contributed by atoms with Gasteiger partial charge in [0.05, 0.1) is 11.8 Å². The summed E-state index contributed by atoms with van der Waals surface area (Å²) in [7, 11) is 0. The molecule has 8 heteroatoms. The highest BCUT2D eigenvalue weighted by Crippen LogP contribution is 2.38. The number of carboxylic acids is 1. The van der Waals surface area contributed by atoms with Crippen LogP contribution in [0.15, 0.2) is 12.7 Å². The fourth-order valence-electron chi connectivity index (χ4n) is 1.98. The molecule has 0 spiro atoms. The lowest BCUT2D eigenvalue weighted by Crippen LogP contribution is -2.50. The molecule has 1 heterocycles. The predicted molar refractivity (Wildman–Crippen MR) is 58.4 cm³/mol. The molecule has 19 heavy (non-hydrogen) atoms. The molecule has 1 aliphatic heterocycles. The van der Waals surface area contributed by atoms with Crippen molar-refractivity contribution in [1.29, 1.82) is 0 Å². The summed E-state index contributed by atoms with van der Waals surface area (Å²) in [6, 6.07) is 0. The maximum absolute atomic E-state index is 12.7. The van der Waals surface area contributed by atoms with Gasteiger partial charge in [-0.15, -0.1) is 0 Å². The number of halogens is 3. The minimum Gasteiger partial charge on any atom is -0.481 e. The van der Waals surface area contributed by atoms with Gasteiger partial charge in [0.25, 0.3) is 0 Å². The molecule has 1 fully saturated rings. The van der Waals surface area contributed by atoms with E-state index in [1.807, 2.05) is 0 Å². The first-order valence-electron chi connectivity index (χ1n) is 5.59. The molecule has 0 aromatic heterocycles. The zero-order valence-electron chi connectivity index (χ0n) is 10.0. The van der Waals surface area contributed by atoms with Crippen molar-refractivity contribution in [3.8, 4) is 0 Å². The van der Waals surface area contributed by atoms with E-state index in [4.69, 9.17) is 5.11 Å². The lowest BCUT2D eigenvalue weighted by Gasteiger charge is -2.36. The monoisotopic (exact) mass is 281 g/mol. The van der Waals surface area contributed by atoms with Gasteiger partial charge in [-0.1, -0.05) is 12.7 Å². The third kappa shape index (κ3) is 3.87. The number of hydrogen-bond donors (Lipinski definition) is 1. The van der Waals surface area contributed by atoms with Gasteiger partial charge in [-0.25, -0.2) is 4.79 Å². The first kappa shape index (κ1) is 15.3. The summed E-state index contributed by atoms with van der Waals surface area (Å²) in [6.07, 6.45) is -4.54. The Balaban J connectivity index is 2.74. The first-order valence-corrected chi connectivity index (χ1v) is 5.59. The number of aliphatic carboxylic acids is 1. The van der Waals surface area contributed by atoms with E-state index in [0.29, 0.717) is 0 Å². The Labute approximate surface area is 107 Å². The Bertz CT molecular complexity index is 369. The molecule has 1 rings (SSSR count). The molecule has 5 nitrogen and oxygen atoms in total. The molecule has 108 valence electrons. The second-order valence-corrected chi connectivity index (χ2v) is 4.19. The van der Waals surface area contributed by atoms with Gasteiger partial charge in [0, 0.05) is 13.1 Å². The highest BCUT2D eigenvalue weighted by molar-refractivity contribution is 5.73. The molecule has 0 saturated carbocycles. The van der Waals surface area contributed by atoms with Crippen LogP contribution in [-0.4, -0.2) is 47.9 Å². The van der Waals surface area contributed by atoms with Gasteiger partial charge in [-0.05, 0) is 6.42 Å². The summed E-state index contributed by atoms with van der Waals surface area (Å²) in [5.74, 6) is -5.16. The summed E-state index contributed by atoms with van der Waals surface area (Å²) in [5.41, 5.74) is 0. The number of rotatable bonds is 3. The summed E-state index contributed by atoms with van der Waals surface area (Å²) >= 11 is 0. The van der Waals surface area contributed by atoms with Gasteiger partial charge >= 0.3 is 18.2 Å². The number of likely N-dealkylation sites (tertiary alicyclic amines) is 1. The van der Waals surface area contributed by atoms with Crippen LogP contribution in [0.25, 0.3) is 0 Å². The molecule has 1 amide bonds. The molecule has 0 aromatic rings. The SMILES string of the molecule is C=CCOC(=O)N1CCC(C(F)(F)F)C(C(=O)O)C1. The molecular weight excluding hydrogens is 267 g/mol. The molecular formula is C11H14F3NO4. The van der Waals surface area contributed by atoms with E-state index >= 15 is 0 Å². The van der Waals surface area contributed by atoms with E-state index in [1.165, 1.54) is 6.08 Å². The van der Waals surface area contributed by atoms with Crippen LogP contribution in [0.4, 0.5) is 18.0 Å². The Hall–Kier alpha value is -1.73.